The highest BCUT2D eigenvalue weighted by Gasteiger charge is 2.21. The number of benzene rings is 1. The van der Waals surface area contributed by atoms with E-state index in [1.807, 2.05) is 6.07 Å². The molecule has 6 nitrogen and oxygen atoms in total. The highest BCUT2D eigenvalue weighted by Crippen LogP contribution is 2.15. The maximum atomic E-state index is 12.3. The highest BCUT2D eigenvalue weighted by atomic mass is 16.1. The number of amides is 1. The van der Waals surface area contributed by atoms with E-state index in [0.717, 1.165) is 43.7 Å². The van der Waals surface area contributed by atoms with Crippen LogP contribution in [0.2, 0.25) is 0 Å². The predicted octanol–water partition coefficient (Wildman–Crippen LogP) is 1.31. The molecule has 3 N–H and O–H groups in total. The van der Waals surface area contributed by atoms with Gasteiger partial charge in [0.2, 0.25) is 0 Å². The topological polar surface area (TPSA) is 73.0 Å². The largest absolute Gasteiger partial charge is 0.351 e. The lowest BCUT2D eigenvalue weighted by Gasteiger charge is -2.17. The molecule has 1 aromatic heterocycles. The van der Waals surface area contributed by atoms with Crippen LogP contribution in [0.5, 0.6) is 0 Å². The van der Waals surface area contributed by atoms with Gasteiger partial charge < -0.3 is 15.5 Å². The first-order chi connectivity index (χ1) is 11.7. The Morgan fingerprint density at radius 2 is 2.17 bits per heavy atom. The summed E-state index contributed by atoms with van der Waals surface area (Å²) >= 11 is 0. The van der Waals surface area contributed by atoms with Gasteiger partial charge in [0.15, 0.2) is 5.69 Å². The summed E-state index contributed by atoms with van der Waals surface area (Å²) in [5.74, 6) is -0.0816. The summed E-state index contributed by atoms with van der Waals surface area (Å²) in [6, 6.07) is 10.4. The Hall–Kier alpha value is -2.18. The van der Waals surface area contributed by atoms with Crippen molar-refractivity contribution < 1.29 is 4.79 Å². The fourth-order valence-corrected chi connectivity index (χ4v) is 3.02. The van der Waals surface area contributed by atoms with Crippen LogP contribution in [-0.2, 0) is 19.5 Å². The molecule has 0 bridgehead atoms. The van der Waals surface area contributed by atoms with Crippen molar-refractivity contribution in [2.45, 2.75) is 25.9 Å². The third-order valence-corrected chi connectivity index (χ3v) is 4.32. The first-order valence-electron chi connectivity index (χ1n) is 8.51. The van der Waals surface area contributed by atoms with Crippen molar-refractivity contribution in [3.63, 3.8) is 0 Å². The number of aromatic nitrogens is 2. The van der Waals surface area contributed by atoms with Gasteiger partial charge in [-0.05, 0) is 25.6 Å². The number of H-pyrrole nitrogens is 1. The van der Waals surface area contributed by atoms with Crippen LogP contribution in [0, 0.1) is 0 Å². The molecule has 1 amide bonds. The molecule has 6 heteroatoms. The first kappa shape index (κ1) is 16.7. The number of hydrogen-bond acceptors (Lipinski definition) is 4. The van der Waals surface area contributed by atoms with Gasteiger partial charge in [0.05, 0.1) is 0 Å². The number of fused-ring (bicyclic) bond motifs is 1. The number of carbonyl (C=O) groups excluding carboxylic acids is 1. The van der Waals surface area contributed by atoms with Gasteiger partial charge in [-0.1, -0.05) is 30.3 Å². The number of aromatic amines is 1. The summed E-state index contributed by atoms with van der Waals surface area (Å²) < 4.78 is 0. The van der Waals surface area contributed by atoms with Crippen LogP contribution < -0.4 is 10.6 Å². The molecule has 0 radical (unpaired) electrons. The minimum Gasteiger partial charge on any atom is -0.351 e. The molecule has 3 rings (SSSR count). The van der Waals surface area contributed by atoms with Gasteiger partial charge in [-0.3, -0.25) is 9.89 Å². The monoisotopic (exact) mass is 327 g/mol. The van der Waals surface area contributed by atoms with Crippen molar-refractivity contribution in [3.8, 4) is 0 Å². The van der Waals surface area contributed by atoms with E-state index in [1.54, 1.807) is 0 Å². The standard InChI is InChI=1S/C18H25N5O/c1-23(13-14-6-3-2-4-7-14)11-5-9-20-18(24)17-15-12-19-10-8-16(15)21-22-17/h2-4,6-7,19H,5,8-13H2,1H3,(H,20,24)(H,21,22). The minimum atomic E-state index is -0.0816. The number of nitrogens with zero attached hydrogens (tertiary/aromatic N) is 2. The first-order valence-corrected chi connectivity index (χ1v) is 8.51. The Labute approximate surface area is 142 Å². The average molecular weight is 327 g/mol. The van der Waals surface area contributed by atoms with Gasteiger partial charge >= 0.3 is 0 Å². The Morgan fingerprint density at radius 3 is 3.00 bits per heavy atom. The van der Waals surface area contributed by atoms with E-state index in [0.29, 0.717) is 18.8 Å². The summed E-state index contributed by atoms with van der Waals surface area (Å²) in [5, 5.41) is 13.4. The predicted molar refractivity (Wildman–Crippen MR) is 93.7 cm³/mol. The van der Waals surface area contributed by atoms with Crippen LogP contribution in [0.4, 0.5) is 0 Å². The van der Waals surface area contributed by atoms with E-state index in [9.17, 15) is 4.79 Å². The Bertz CT molecular complexity index is 667. The Morgan fingerprint density at radius 1 is 1.33 bits per heavy atom. The number of rotatable bonds is 7. The van der Waals surface area contributed by atoms with E-state index < -0.39 is 0 Å². The fourth-order valence-electron chi connectivity index (χ4n) is 3.02. The molecule has 1 aliphatic rings. The fraction of sp³-hybridized carbons (Fsp3) is 0.444. The van der Waals surface area contributed by atoms with E-state index in [1.165, 1.54) is 5.56 Å². The molecule has 1 aromatic carbocycles. The molecular formula is C18H25N5O. The summed E-state index contributed by atoms with van der Waals surface area (Å²) in [5.41, 5.74) is 3.94. The van der Waals surface area contributed by atoms with E-state index >= 15 is 0 Å². The molecule has 2 aromatic rings. The average Bonchev–Trinajstić information content (AvgIpc) is 3.03. The van der Waals surface area contributed by atoms with Crippen molar-refractivity contribution in [1.82, 2.24) is 25.7 Å². The van der Waals surface area contributed by atoms with Crippen LogP contribution in [0.3, 0.4) is 0 Å². The summed E-state index contributed by atoms with van der Waals surface area (Å²) in [4.78, 5) is 14.5. The van der Waals surface area contributed by atoms with Gasteiger partial charge in [0, 0.05) is 43.9 Å². The van der Waals surface area contributed by atoms with Gasteiger partial charge in [-0.25, -0.2) is 0 Å². The SMILES string of the molecule is CN(CCCNC(=O)c1n[nH]c2c1CNCC2)Cc1ccccc1. The minimum absolute atomic E-state index is 0.0816. The summed E-state index contributed by atoms with van der Waals surface area (Å²) in [6.07, 6.45) is 1.82. The van der Waals surface area contributed by atoms with E-state index in [2.05, 4.69) is 57.0 Å². The second-order valence-electron chi connectivity index (χ2n) is 6.29. The molecular weight excluding hydrogens is 302 g/mol. The third-order valence-electron chi connectivity index (χ3n) is 4.32. The molecule has 2 heterocycles. The van der Waals surface area contributed by atoms with Gasteiger partial charge in [-0.15, -0.1) is 0 Å². The normalized spacial score (nSPS) is 13.8. The van der Waals surface area contributed by atoms with E-state index in [4.69, 9.17) is 0 Å². The quantitative estimate of drug-likeness (QED) is 0.671. The second kappa shape index (κ2) is 8.08. The molecule has 0 aliphatic carbocycles. The molecule has 0 saturated heterocycles. The lowest BCUT2D eigenvalue weighted by Crippen LogP contribution is -2.30. The molecule has 0 spiro atoms. The highest BCUT2D eigenvalue weighted by molar-refractivity contribution is 5.94. The van der Waals surface area contributed by atoms with Crippen molar-refractivity contribution in [3.05, 3.63) is 52.8 Å². The lowest BCUT2D eigenvalue weighted by atomic mass is 10.1. The zero-order valence-electron chi connectivity index (χ0n) is 14.1. The van der Waals surface area contributed by atoms with Gasteiger partial charge in [0.1, 0.15) is 0 Å². The molecule has 1 aliphatic heterocycles. The second-order valence-corrected chi connectivity index (χ2v) is 6.29. The van der Waals surface area contributed by atoms with Crippen LogP contribution in [-0.4, -0.2) is 47.7 Å². The smallest absolute Gasteiger partial charge is 0.272 e. The number of carbonyl (C=O) groups is 1. The lowest BCUT2D eigenvalue weighted by molar-refractivity contribution is 0.0945. The zero-order valence-corrected chi connectivity index (χ0v) is 14.1. The van der Waals surface area contributed by atoms with Crippen LogP contribution in [0.1, 0.15) is 33.7 Å². The third kappa shape index (κ3) is 4.21. The van der Waals surface area contributed by atoms with Crippen molar-refractivity contribution in [2.24, 2.45) is 0 Å². The molecule has 0 saturated carbocycles. The Balaban J connectivity index is 1.40. The van der Waals surface area contributed by atoms with Gasteiger partial charge in [-0.2, -0.15) is 5.10 Å². The van der Waals surface area contributed by atoms with Crippen molar-refractivity contribution in [1.29, 1.82) is 0 Å². The van der Waals surface area contributed by atoms with Crippen LogP contribution in [0.25, 0.3) is 0 Å². The van der Waals surface area contributed by atoms with E-state index in [-0.39, 0.29) is 5.91 Å². The zero-order chi connectivity index (χ0) is 16.8. The molecule has 128 valence electrons. The summed E-state index contributed by atoms with van der Waals surface area (Å²) in [6.45, 7) is 4.17. The summed E-state index contributed by atoms with van der Waals surface area (Å²) in [7, 11) is 2.10. The van der Waals surface area contributed by atoms with Crippen molar-refractivity contribution >= 4 is 5.91 Å². The number of nitrogens with one attached hydrogen (secondary N) is 3. The molecule has 0 unspecified atom stereocenters. The maximum absolute atomic E-state index is 12.3. The molecule has 0 atom stereocenters. The molecule has 0 fully saturated rings. The maximum Gasteiger partial charge on any atom is 0.272 e. The van der Waals surface area contributed by atoms with Crippen LogP contribution in [0.15, 0.2) is 30.3 Å². The van der Waals surface area contributed by atoms with Crippen molar-refractivity contribution in [2.75, 3.05) is 26.7 Å². The van der Waals surface area contributed by atoms with Gasteiger partial charge in [0.25, 0.3) is 5.91 Å². The Kier molecular flexibility index (Phi) is 5.61. The number of hydrogen-bond donors (Lipinski definition) is 3. The molecule has 24 heavy (non-hydrogen) atoms. The van der Waals surface area contributed by atoms with Crippen LogP contribution >= 0.6 is 0 Å².